The van der Waals surface area contributed by atoms with Crippen LogP contribution >= 0.6 is 23.2 Å². The molecule has 0 fully saturated rings. The summed E-state index contributed by atoms with van der Waals surface area (Å²) in [5.74, 6) is -0.306. The maximum atomic E-state index is 10.4. The normalized spacial score (nSPS) is 10.7. The fourth-order valence-corrected chi connectivity index (χ4v) is 1.69. The van der Waals surface area contributed by atoms with Crippen molar-refractivity contribution in [2.45, 2.75) is 0 Å². The van der Waals surface area contributed by atoms with Gasteiger partial charge in [0.15, 0.2) is 5.69 Å². The average Bonchev–Trinajstić information content (AvgIpc) is 2.48. The van der Waals surface area contributed by atoms with Crippen LogP contribution in [0.3, 0.4) is 0 Å². The van der Waals surface area contributed by atoms with Gasteiger partial charge in [0.25, 0.3) is 0 Å². The van der Waals surface area contributed by atoms with Crippen LogP contribution in [-0.4, -0.2) is 10.1 Å². The van der Waals surface area contributed by atoms with Crippen LogP contribution in [0.5, 0.6) is 5.88 Å². The van der Waals surface area contributed by atoms with E-state index in [0.717, 1.165) is 0 Å². The van der Waals surface area contributed by atoms with Crippen LogP contribution in [0, 0.1) is 4.91 Å². The summed E-state index contributed by atoms with van der Waals surface area (Å²) in [6.45, 7) is 0. The Labute approximate surface area is 88.4 Å². The predicted octanol–water partition coefficient (Wildman–Crippen LogP) is 3.58. The third-order valence-corrected chi connectivity index (χ3v) is 2.70. The quantitative estimate of drug-likeness (QED) is 0.736. The van der Waals surface area contributed by atoms with Gasteiger partial charge in [-0.15, -0.1) is 4.91 Å². The fraction of sp³-hybridized carbons (Fsp3) is 0. The van der Waals surface area contributed by atoms with Gasteiger partial charge < -0.3 is 10.1 Å². The van der Waals surface area contributed by atoms with Crippen molar-refractivity contribution in [1.82, 2.24) is 4.98 Å². The first-order chi connectivity index (χ1) is 6.65. The zero-order chi connectivity index (χ0) is 10.3. The number of hydrogen-bond donors (Lipinski definition) is 2. The minimum Gasteiger partial charge on any atom is -0.493 e. The minimum absolute atomic E-state index is 0.118. The molecule has 0 unspecified atom stereocenters. The molecule has 0 aliphatic carbocycles. The highest BCUT2D eigenvalue weighted by Crippen LogP contribution is 2.41. The highest BCUT2D eigenvalue weighted by Gasteiger charge is 2.15. The van der Waals surface area contributed by atoms with E-state index in [0.29, 0.717) is 15.9 Å². The van der Waals surface area contributed by atoms with Crippen molar-refractivity contribution in [2.75, 3.05) is 0 Å². The number of rotatable bonds is 1. The summed E-state index contributed by atoms with van der Waals surface area (Å²) in [5.41, 5.74) is 0.402. The molecule has 1 aromatic carbocycles. The van der Waals surface area contributed by atoms with Crippen LogP contribution in [0.25, 0.3) is 10.9 Å². The third kappa shape index (κ3) is 1.15. The first-order valence-electron chi connectivity index (χ1n) is 3.67. The van der Waals surface area contributed by atoms with Crippen molar-refractivity contribution in [1.29, 1.82) is 0 Å². The second-order valence-electron chi connectivity index (χ2n) is 2.70. The lowest BCUT2D eigenvalue weighted by Crippen LogP contribution is -1.71. The molecule has 0 atom stereocenters. The van der Waals surface area contributed by atoms with E-state index in [9.17, 15) is 10.0 Å². The van der Waals surface area contributed by atoms with Crippen LogP contribution in [0.1, 0.15) is 0 Å². The van der Waals surface area contributed by atoms with Gasteiger partial charge in [-0.1, -0.05) is 23.2 Å². The van der Waals surface area contributed by atoms with E-state index < -0.39 is 0 Å². The van der Waals surface area contributed by atoms with E-state index in [1.165, 1.54) is 0 Å². The molecule has 0 saturated carbocycles. The first-order valence-corrected chi connectivity index (χ1v) is 4.42. The van der Waals surface area contributed by atoms with Crippen molar-refractivity contribution < 1.29 is 5.11 Å². The summed E-state index contributed by atoms with van der Waals surface area (Å²) in [6, 6.07) is 3.18. The Morgan fingerprint density at radius 2 is 2.07 bits per heavy atom. The lowest BCUT2D eigenvalue weighted by atomic mass is 10.2. The van der Waals surface area contributed by atoms with Crippen molar-refractivity contribution in [2.24, 2.45) is 5.18 Å². The van der Waals surface area contributed by atoms with Crippen LogP contribution in [0.4, 0.5) is 5.69 Å². The Hall–Kier alpha value is -1.26. The lowest BCUT2D eigenvalue weighted by Gasteiger charge is -1.96. The summed E-state index contributed by atoms with van der Waals surface area (Å²) in [4.78, 5) is 13.0. The van der Waals surface area contributed by atoms with Crippen LogP contribution in [-0.2, 0) is 0 Å². The predicted molar refractivity (Wildman–Crippen MR) is 55.4 cm³/mol. The van der Waals surface area contributed by atoms with Gasteiger partial charge >= 0.3 is 0 Å². The maximum Gasteiger partial charge on any atom is 0.219 e. The zero-order valence-electron chi connectivity index (χ0n) is 6.71. The molecule has 0 spiro atoms. The number of hydrogen-bond acceptors (Lipinski definition) is 3. The smallest absolute Gasteiger partial charge is 0.219 e. The summed E-state index contributed by atoms with van der Waals surface area (Å²) < 4.78 is 0. The molecular formula is C8H4Cl2N2O2. The van der Waals surface area contributed by atoms with Crippen molar-refractivity contribution >= 4 is 39.8 Å². The molecule has 0 aliphatic rings. The Morgan fingerprint density at radius 3 is 2.71 bits per heavy atom. The Kier molecular flexibility index (Phi) is 2.09. The maximum absolute atomic E-state index is 10.4. The second kappa shape index (κ2) is 3.15. The molecule has 1 aromatic heterocycles. The number of aromatic nitrogens is 1. The Balaban J connectivity index is 2.97. The van der Waals surface area contributed by atoms with Crippen LogP contribution in [0.15, 0.2) is 17.3 Å². The largest absolute Gasteiger partial charge is 0.493 e. The fourth-order valence-electron chi connectivity index (χ4n) is 1.28. The van der Waals surface area contributed by atoms with Crippen molar-refractivity contribution in [3.8, 4) is 5.88 Å². The van der Waals surface area contributed by atoms with E-state index >= 15 is 0 Å². The van der Waals surface area contributed by atoms with E-state index in [1.807, 2.05) is 0 Å². The molecule has 4 nitrogen and oxygen atoms in total. The SMILES string of the molecule is O=Nc1c(O)[nH]c2ccc(Cl)c(Cl)c12. The highest BCUT2D eigenvalue weighted by atomic mass is 35.5. The van der Waals surface area contributed by atoms with E-state index in [-0.39, 0.29) is 16.6 Å². The third-order valence-electron chi connectivity index (χ3n) is 1.90. The molecule has 0 bridgehead atoms. The summed E-state index contributed by atoms with van der Waals surface area (Å²) in [6.07, 6.45) is 0. The van der Waals surface area contributed by atoms with Crippen LogP contribution in [0.2, 0.25) is 10.0 Å². The standard InChI is InChI=1S/C8H4Cl2N2O2/c9-3-1-2-4-5(6(3)10)7(12-14)8(13)11-4/h1-2,11,13H. The molecule has 2 aromatic rings. The molecule has 2 N–H and O–H groups in total. The Morgan fingerprint density at radius 1 is 1.36 bits per heavy atom. The number of fused-ring (bicyclic) bond motifs is 1. The van der Waals surface area contributed by atoms with E-state index in [2.05, 4.69) is 10.2 Å². The van der Waals surface area contributed by atoms with Gasteiger partial charge in [0.2, 0.25) is 5.88 Å². The number of H-pyrrole nitrogens is 1. The molecule has 0 radical (unpaired) electrons. The van der Waals surface area contributed by atoms with Gasteiger partial charge in [-0.3, -0.25) is 0 Å². The molecule has 2 rings (SSSR count). The number of aromatic amines is 1. The van der Waals surface area contributed by atoms with Gasteiger partial charge in [0, 0.05) is 0 Å². The minimum atomic E-state index is -0.306. The van der Waals surface area contributed by atoms with E-state index in [1.54, 1.807) is 12.1 Å². The van der Waals surface area contributed by atoms with E-state index in [4.69, 9.17) is 23.2 Å². The molecule has 1 heterocycles. The second-order valence-corrected chi connectivity index (χ2v) is 3.48. The number of halogens is 2. The molecule has 72 valence electrons. The first kappa shape index (κ1) is 9.30. The molecule has 14 heavy (non-hydrogen) atoms. The van der Waals surface area contributed by atoms with Crippen molar-refractivity contribution in [3.63, 3.8) is 0 Å². The number of nitrogens with zero attached hydrogens (tertiary/aromatic N) is 1. The van der Waals surface area contributed by atoms with Gasteiger partial charge in [-0.05, 0) is 17.3 Å². The summed E-state index contributed by atoms with van der Waals surface area (Å²) in [5, 5.41) is 12.8. The number of aromatic hydroxyl groups is 1. The number of benzene rings is 1. The molecule has 0 amide bonds. The van der Waals surface area contributed by atoms with Gasteiger partial charge in [-0.2, -0.15) is 0 Å². The lowest BCUT2D eigenvalue weighted by molar-refractivity contribution is 0.460. The monoisotopic (exact) mass is 230 g/mol. The topological polar surface area (TPSA) is 65.4 Å². The highest BCUT2D eigenvalue weighted by molar-refractivity contribution is 6.46. The number of nitroso groups, excluding NO2 is 1. The molecule has 0 aliphatic heterocycles. The molecular weight excluding hydrogens is 227 g/mol. The van der Waals surface area contributed by atoms with Crippen molar-refractivity contribution in [3.05, 3.63) is 27.1 Å². The zero-order valence-corrected chi connectivity index (χ0v) is 8.23. The molecule has 6 heteroatoms. The summed E-state index contributed by atoms with van der Waals surface area (Å²) >= 11 is 11.6. The number of nitrogens with one attached hydrogen (secondary N) is 1. The Bertz CT molecular complexity index is 522. The summed E-state index contributed by atoms with van der Waals surface area (Å²) in [7, 11) is 0. The van der Waals surface area contributed by atoms with Gasteiger partial charge in [0.1, 0.15) is 0 Å². The van der Waals surface area contributed by atoms with Gasteiger partial charge in [-0.25, -0.2) is 0 Å². The average molecular weight is 231 g/mol. The van der Waals surface area contributed by atoms with Crippen LogP contribution < -0.4 is 0 Å². The molecule has 0 saturated heterocycles. The van der Waals surface area contributed by atoms with Gasteiger partial charge in [0.05, 0.1) is 20.9 Å².